The van der Waals surface area contributed by atoms with Crippen LogP contribution >= 0.6 is 11.6 Å². The van der Waals surface area contributed by atoms with Gasteiger partial charge in [-0.15, -0.1) is 0 Å². The summed E-state index contributed by atoms with van der Waals surface area (Å²) in [6.45, 7) is 4.16. The van der Waals surface area contributed by atoms with Crippen molar-refractivity contribution in [3.05, 3.63) is 52.9 Å². The second-order valence-electron chi connectivity index (χ2n) is 5.52. The Bertz CT molecular complexity index is 743. The van der Waals surface area contributed by atoms with Crippen molar-refractivity contribution in [2.45, 2.75) is 13.5 Å². The van der Waals surface area contributed by atoms with Crippen LogP contribution in [0.5, 0.6) is 5.75 Å². The van der Waals surface area contributed by atoms with Gasteiger partial charge in [-0.2, -0.15) is 0 Å². The van der Waals surface area contributed by atoms with E-state index in [1.165, 1.54) is 0 Å². The van der Waals surface area contributed by atoms with Crippen LogP contribution in [0.25, 0.3) is 0 Å². The van der Waals surface area contributed by atoms with Crippen molar-refractivity contribution >= 4 is 23.5 Å². The molecule has 0 aliphatic carbocycles. The first-order chi connectivity index (χ1) is 12.5. The van der Waals surface area contributed by atoms with Gasteiger partial charge in [0.1, 0.15) is 24.7 Å². The molecule has 0 unspecified atom stereocenters. The fourth-order valence-corrected chi connectivity index (χ4v) is 2.28. The molecule has 1 amide bonds. The van der Waals surface area contributed by atoms with Crippen LogP contribution in [0.4, 0.5) is 0 Å². The number of halogens is 1. The normalized spacial score (nSPS) is 11.3. The van der Waals surface area contributed by atoms with E-state index in [1.54, 1.807) is 24.3 Å². The van der Waals surface area contributed by atoms with Crippen molar-refractivity contribution in [2.24, 2.45) is 10.7 Å². The standard InChI is InChI=1S/C18H23ClN4O3/c1-3-21-18(22-12-15-8-9-16(26-15)17(20)24)23(2)10-11-25-14-6-4-13(19)5-7-14/h4-9H,3,10-12H2,1-2H3,(H2,20,24)(H,21,22). The molecule has 3 N–H and O–H groups in total. The molecule has 2 rings (SSSR count). The highest BCUT2D eigenvalue weighted by atomic mass is 35.5. The molecule has 0 bridgehead atoms. The molecule has 1 heterocycles. The zero-order chi connectivity index (χ0) is 18.9. The van der Waals surface area contributed by atoms with E-state index >= 15 is 0 Å². The lowest BCUT2D eigenvalue weighted by atomic mass is 10.3. The summed E-state index contributed by atoms with van der Waals surface area (Å²) in [6, 6.07) is 10.5. The van der Waals surface area contributed by atoms with Gasteiger partial charge < -0.3 is 25.1 Å². The number of aliphatic imine (C=N–C) groups is 1. The molecular formula is C18H23ClN4O3. The second-order valence-corrected chi connectivity index (χ2v) is 5.96. The van der Waals surface area contributed by atoms with Gasteiger partial charge in [-0.1, -0.05) is 11.6 Å². The molecule has 0 aliphatic rings. The number of carbonyl (C=O) groups excluding carboxylic acids is 1. The van der Waals surface area contributed by atoms with Gasteiger partial charge in [-0.25, -0.2) is 4.99 Å². The third-order valence-electron chi connectivity index (χ3n) is 3.49. The van der Waals surface area contributed by atoms with Crippen molar-refractivity contribution in [3.63, 3.8) is 0 Å². The van der Waals surface area contributed by atoms with Crippen LogP contribution in [0.3, 0.4) is 0 Å². The predicted molar refractivity (Wildman–Crippen MR) is 102 cm³/mol. The first-order valence-electron chi connectivity index (χ1n) is 8.26. The summed E-state index contributed by atoms with van der Waals surface area (Å²) in [5.74, 6) is 1.58. The van der Waals surface area contributed by atoms with Crippen LogP contribution in [0.1, 0.15) is 23.2 Å². The number of nitrogens with zero attached hydrogens (tertiary/aromatic N) is 2. The van der Waals surface area contributed by atoms with Gasteiger partial charge in [-0.3, -0.25) is 4.79 Å². The number of nitrogens with one attached hydrogen (secondary N) is 1. The summed E-state index contributed by atoms with van der Waals surface area (Å²) in [6.07, 6.45) is 0. The number of ether oxygens (including phenoxy) is 1. The van der Waals surface area contributed by atoms with Gasteiger partial charge in [0, 0.05) is 18.6 Å². The number of guanidine groups is 1. The van der Waals surface area contributed by atoms with Gasteiger partial charge in [0.05, 0.1) is 6.54 Å². The molecule has 1 aromatic carbocycles. The minimum atomic E-state index is -0.594. The molecule has 7 nitrogen and oxygen atoms in total. The number of primary amides is 1. The molecular weight excluding hydrogens is 356 g/mol. The number of rotatable bonds is 8. The molecule has 140 valence electrons. The van der Waals surface area contributed by atoms with Crippen molar-refractivity contribution in [2.75, 3.05) is 26.7 Å². The van der Waals surface area contributed by atoms with E-state index < -0.39 is 5.91 Å². The number of carbonyl (C=O) groups is 1. The molecule has 0 aliphatic heterocycles. The fraction of sp³-hybridized carbons (Fsp3) is 0.333. The molecule has 0 radical (unpaired) electrons. The van der Waals surface area contributed by atoms with Crippen LogP contribution in [0, 0.1) is 0 Å². The summed E-state index contributed by atoms with van der Waals surface area (Å²) in [4.78, 5) is 17.5. The lowest BCUT2D eigenvalue weighted by Gasteiger charge is -2.22. The number of furan rings is 1. The summed E-state index contributed by atoms with van der Waals surface area (Å²) < 4.78 is 11.0. The Morgan fingerprint density at radius 2 is 2.04 bits per heavy atom. The highest BCUT2D eigenvalue weighted by molar-refractivity contribution is 6.30. The predicted octanol–water partition coefficient (Wildman–Crippen LogP) is 2.51. The molecule has 0 saturated heterocycles. The van der Waals surface area contributed by atoms with E-state index in [0.717, 1.165) is 12.3 Å². The Kier molecular flexibility index (Phi) is 7.35. The Balaban J connectivity index is 1.89. The van der Waals surface area contributed by atoms with Gasteiger partial charge in [0.2, 0.25) is 0 Å². The first kappa shape index (κ1) is 19.7. The topological polar surface area (TPSA) is 93.1 Å². The highest BCUT2D eigenvalue weighted by Gasteiger charge is 2.09. The maximum Gasteiger partial charge on any atom is 0.284 e. The zero-order valence-corrected chi connectivity index (χ0v) is 15.6. The Labute approximate surface area is 157 Å². The molecule has 8 heteroatoms. The van der Waals surface area contributed by atoms with Crippen molar-refractivity contribution in [3.8, 4) is 5.75 Å². The van der Waals surface area contributed by atoms with Crippen LogP contribution in [0.2, 0.25) is 5.02 Å². The summed E-state index contributed by atoms with van der Waals surface area (Å²) in [7, 11) is 1.92. The fourth-order valence-electron chi connectivity index (χ4n) is 2.15. The third-order valence-corrected chi connectivity index (χ3v) is 3.75. The summed E-state index contributed by atoms with van der Waals surface area (Å²) in [5, 5.41) is 3.88. The number of likely N-dealkylation sites (N-methyl/N-ethyl adjacent to an activating group) is 1. The molecule has 0 fully saturated rings. The Morgan fingerprint density at radius 3 is 2.65 bits per heavy atom. The summed E-state index contributed by atoms with van der Waals surface area (Å²) >= 11 is 5.86. The zero-order valence-electron chi connectivity index (χ0n) is 14.9. The van der Waals surface area contributed by atoms with Crippen LogP contribution < -0.4 is 15.8 Å². The SMILES string of the molecule is CCNC(=NCc1ccc(C(N)=O)o1)N(C)CCOc1ccc(Cl)cc1. The smallest absolute Gasteiger partial charge is 0.284 e. The van der Waals surface area contributed by atoms with E-state index in [4.69, 9.17) is 26.5 Å². The minimum absolute atomic E-state index is 0.130. The van der Waals surface area contributed by atoms with Gasteiger partial charge in [-0.05, 0) is 43.3 Å². The van der Waals surface area contributed by atoms with E-state index in [1.807, 2.05) is 31.0 Å². The number of amides is 1. The van der Waals surface area contributed by atoms with Crippen LogP contribution in [-0.4, -0.2) is 43.5 Å². The van der Waals surface area contributed by atoms with Crippen molar-refractivity contribution in [1.82, 2.24) is 10.2 Å². The second kappa shape index (κ2) is 9.72. The quantitative estimate of drug-likeness (QED) is 0.543. The van der Waals surface area contributed by atoms with Gasteiger partial charge in [0.25, 0.3) is 5.91 Å². The average Bonchev–Trinajstić information content (AvgIpc) is 3.09. The molecule has 0 spiro atoms. The Hall–Kier alpha value is -2.67. The van der Waals surface area contributed by atoms with E-state index in [0.29, 0.717) is 36.4 Å². The highest BCUT2D eigenvalue weighted by Crippen LogP contribution is 2.15. The molecule has 2 aromatic rings. The summed E-state index contributed by atoms with van der Waals surface area (Å²) in [5.41, 5.74) is 5.18. The van der Waals surface area contributed by atoms with E-state index in [9.17, 15) is 4.79 Å². The van der Waals surface area contributed by atoms with Crippen LogP contribution in [-0.2, 0) is 6.54 Å². The van der Waals surface area contributed by atoms with E-state index in [-0.39, 0.29) is 5.76 Å². The molecule has 26 heavy (non-hydrogen) atoms. The number of hydrogen-bond acceptors (Lipinski definition) is 4. The lowest BCUT2D eigenvalue weighted by molar-refractivity contribution is 0.0972. The molecule has 0 atom stereocenters. The largest absolute Gasteiger partial charge is 0.492 e. The average molecular weight is 379 g/mol. The maximum absolute atomic E-state index is 11.1. The third kappa shape index (κ3) is 6.00. The van der Waals surface area contributed by atoms with Crippen molar-refractivity contribution < 1.29 is 13.9 Å². The minimum Gasteiger partial charge on any atom is -0.492 e. The number of benzene rings is 1. The van der Waals surface area contributed by atoms with E-state index in [2.05, 4.69) is 10.3 Å². The first-order valence-corrected chi connectivity index (χ1v) is 8.63. The Morgan fingerprint density at radius 1 is 1.31 bits per heavy atom. The lowest BCUT2D eigenvalue weighted by Crippen LogP contribution is -2.40. The number of hydrogen-bond donors (Lipinski definition) is 2. The van der Waals surface area contributed by atoms with Crippen LogP contribution in [0.15, 0.2) is 45.8 Å². The maximum atomic E-state index is 11.1. The number of nitrogens with two attached hydrogens (primary N) is 1. The van der Waals surface area contributed by atoms with Gasteiger partial charge >= 0.3 is 0 Å². The van der Waals surface area contributed by atoms with Gasteiger partial charge in [0.15, 0.2) is 11.7 Å². The molecule has 1 aromatic heterocycles. The molecule has 0 saturated carbocycles. The van der Waals surface area contributed by atoms with Crippen molar-refractivity contribution in [1.29, 1.82) is 0 Å². The monoisotopic (exact) mass is 378 g/mol.